The number of aliphatic hydroxyl groups is 1. The van der Waals surface area contributed by atoms with E-state index in [2.05, 4.69) is 5.32 Å². The molecule has 0 unspecified atom stereocenters. The van der Waals surface area contributed by atoms with Gasteiger partial charge in [-0.3, -0.25) is 0 Å². The zero-order valence-electron chi connectivity index (χ0n) is 6.36. The summed E-state index contributed by atoms with van der Waals surface area (Å²) in [7, 11) is 0. The van der Waals surface area contributed by atoms with E-state index in [1.807, 2.05) is 0 Å². The van der Waals surface area contributed by atoms with Crippen LogP contribution in [0.15, 0.2) is 0 Å². The number of halogens is 3. The predicted molar refractivity (Wildman–Crippen MR) is 35.5 cm³/mol. The van der Waals surface area contributed by atoms with Gasteiger partial charge in [-0.05, 0) is 25.3 Å². The van der Waals surface area contributed by atoms with E-state index < -0.39 is 17.8 Å². The minimum Gasteiger partial charge on any atom is -0.379 e. The van der Waals surface area contributed by atoms with Crippen LogP contribution in [-0.4, -0.2) is 29.5 Å². The Morgan fingerprint density at radius 3 is 2.33 bits per heavy atom. The molecule has 70 valence electrons. The van der Waals surface area contributed by atoms with Crippen molar-refractivity contribution in [2.45, 2.75) is 30.7 Å². The molecule has 0 aromatic rings. The Balaban J connectivity index is 2.23. The standard InChI is InChI=1S/C7H10F3NO/c8-7(9,10)6(12)2-4-1-5(6)11-3-4/h4-5,11-12H,1-3H2/t4-,5-,6+/m0/s1. The summed E-state index contributed by atoms with van der Waals surface area (Å²) in [6.07, 6.45) is -4.16. The van der Waals surface area contributed by atoms with E-state index in [9.17, 15) is 18.3 Å². The molecule has 5 heteroatoms. The highest BCUT2D eigenvalue weighted by Crippen LogP contribution is 2.48. The first-order valence-corrected chi connectivity index (χ1v) is 3.96. The first-order valence-electron chi connectivity index (χ1n) is 3.96. The van der Waals surface area contributed by atoms with E-state index in [0.717, 1.165) is 0 Å². The Bertz CT molecular complexity index is 205. The minimum atomic E-state index is -4.49. The van der Waals surface area contributed by atoms with Gasteiger partial charge in [0.2, 0.25) is 0 Å². The van der Waals surface area contributed by atoms with Crippen molar-refractivity contribution in [2.75, 3.05) is 6.54 Å². The smallest absolute Gasteiger partial charge is 0.379 e. The lowest BCUT2D eigenvalue weighted by Gasteiger charge is -2.34. The average Bonchev–Trinajstić information content (AvgIpc) is 2.43. The molecule has 12 heavy (non-hydrogen) atoms. The van der Waals surface area contributed by atoms with Gasteiger partial charge >= 0.3 is 6.18 Å². The van der Waals surface area contributed by atoms with Gasteiger partial charge in [-0.25, -0.2) is 0 Å². The Labute approximate surface area is 67.8 Å². The summed E-state index contributed by atoms with van der Waals surface area (Å²) < 4.78 is 36.9. The van der Waals surface area contributed by atoms with Crippen LogP contribution in [0.1, 0.15) is 12.8 Å². The lowest BCUT2D eigenvalue weighted by atomic mass is 9.93. The summed E-state index contributed by atoms with van der Waals surface area (Å²) in [5.41, 5.74) is -2.46. The molecule has 2 bridgehead atoms. The van der Waals surface area contributed by atoms with Crippen molar-refractivity contribution in [2.24, 2.45) is 5.92 Å². The molecule has 3 atom stereocenters. The maximum atomic E-state index is 12.3. The SMILES string of the molecule is O[C@]1(C(F)(F)F)C[C@H]2CN[C@H]1C2. The molecule has 2 aliphatic rings. The molecule has 2 N–H and O–H groups in total. The second-order valence-corrected chi connectivity index (χ2v) is 3.69. The number of rotatable bonds is 0. The first kappa shape index (κ1) is 8.31. The van der Waals surface area contributed by atoms with Gasteiger partial charge in [0.15, 0.2) is 5.60 Å². The topological polar surface area (TPSA) is 32.3 Å². The normalized spacial score (nSPS) is 47.0. The Kier molecular flexibility index (Phi) is 1.48. The van der Waals surface area contributed by atoms with Crippen LogP contribution in [0.25, 0.3) is 0 Å². The van der Waals surface area contributed by atoms with Crippen LogP contribution in [0.5, 0.6) is 0 Å². The highest BCUT2D eigenvalue weighted by molar-refractivity contribution is 5.09. The van der Waals surface area contributed by atoms with E-state index in [1.165, 1.54) is 0 Å². The van der Waals surface area contributed by atoms with Crippen molar-refractivity contribution in [3.63, 3.8) is 0 Å². The van der Waals surface area contributed by atoms with Gasteiger partial charge in [-0.15, -0.1) is 0 Å². The largest absolute Gasteiger partial charge is 0.418 e. The van der Waals surface area contributed by atoms with Crippen molar-refractivity contribution in [3.8, 4) is 0 Å². The van der Waals surface area contributed by atoms with Gasteiger partial charge in [0.25, 0.3) is 0 Å². The predicted octanol–water partition coefficient (Wildman–Crippen LogP) is 0.662. The molecule has 1 saturated heterocycles. The van der Waals surface area contributed by atoms with Gasteiger partial charge in [-0.1, -0.05) is 0 Å². The van der Waals surface area contributed by atoms with Gasteiger partial charge in [0, 0.05) is 6.04 Å². The Morgan fingerprint density at radius 1 is 1.42 bits per heavy atom. The number of piperidine rings is 1. The maximum absolute atomic E-state index is 12.3. The van der Waals surface area contributed by atoms with Crippen molar-refractivity contribution < 1.29 is 18.3 Å². The maximum Gasteiger partial charge on any atom is 0.418 e. The van der Waals surface area contributed by atoms with Crippen molar-refractivity contribution in [3.05, 3.63) is 0 Å². The molecule has 0 spiro atoms. The van der Waals surface area contributed by atoms with Crippen LogP contribution >= 0.6 is 0 Å². The van der Waals surface area contributed by atoms with Crippen LogP contribution in [0.3, 0.4) is 0 Å². The molecule has 1 heterocycles. The summed E-state index contributed by atoms with van der Waals surface area (Å²) in [5, 5.41) is 12.0. The summed E-state index contributed by atoms with van der Waals surface area (Å²) in [5.74, 6) is 0.00150. The van der Waals surface area contributed by atoms with E-state index in [-0.39, 0.29) is 12.3 Å². The van der Waals surface area contributed by atoms with Gasteiger partial charge in [0.05, 0.1) is 0 Å². The molecular formula is C7H10F3NO. The number of alkyl halides is 3. The fourth-order valence-corrected chi connectivity index (χ4v) is 2.22. The fraction of sp³-hybridized carbons (Fsp3) is 1.00. The summed E-state index contributed by atoms with van der Waals surface area (Å²) in [6.45, 7) is 0.614. The van der Waals surface area contributed by atoms with E-state index in [4.69, 9.17) is 0 Å². The lowest BCUT2D eigenvalue weighted by molar-refractivity contribution is -0.268. The zero-order valence-corrected chi connectivity index (χ0v) is 6.36. The molecule has 1 saturated carbocycles. The van der Waals surface area contributed by atoms with Crippen molar-refractivity contribution >= 4 is 0 Å². The quantitative estimate of drug-likeness (QED) is 0.575. The number of nitrogens with one attached hydrogen (secondary N) is 1. The minimum absolute atomic E-state index is 0.00150. The van der Waals surface area contributed by atoms with Gasteiger partial charge in [-0.2, -0.15) is 13.2 Å². The average molecular weight is 181 g/mol. The van der Waals surface area contributed by atoms with E-state index in [1.54, 1.807) is 0 Å². The van der Waals surface area contributed by atoms with Crippen LogP contribution < -0.4 is 5.32 Å². The lowest BCUT2D eigenvalue weighted by Crippen LogP contribution is -2.57. The summed E-state index contributed by atoms with van der Waals surface area (Å²) >= 11 is 0. The van der Waals surface area contributed by atoms with Crippen LogP contribution in [0.2, 0.25) is 0 Å². The van der Waals surface area contributed by atoms with Crippen LogP contribution in [0, 0.1) is 5.92 Å². The Morgan fingerprint density at radius 2 is 2.08 bits per heavy atom. The molecule has 0 radical (unpaired) electrons. The molecule has 1 aliphatic carbocycles. The van der Waals surface area contributed by atoms with Crippen molar-refractivity contribution in [1.82, 2.24) is 5.32 Å². The molecule has 0 aromatic heterocycles. The second kappa shape index (κ2) is 2.14. The molecule has 1 aliphatic heterocycles. The van der Waals surface area contributed by atoms with Crippen LogP contribution in [0.4, 0.5) is 13.2 Å². The van der Waals surface area contributed by atoms with Crippen molar-refractivity contribution in [1.29, 1.82) is 0 Å². The number of hydrogen-bond acceptors (Lipinski definition) is 2. The highest BCUT2D eigenvalue weighted by atomic mass is 19.4. The van der Waals surface area contributed by atoms with Crippen LogP contribution in [-0.2, 0) is 0 Å². The fourth-order valence-electron chi connectivity index (χ4n) is 2.22. The molecular weight excluding hydrogens is 171 g/mol. The molecule has 2 nitrogen and oxygen atoms in total. The highest BCUT2D eigenvalue weighted by Gasteiger charge is 2.64. The van der Waals surface area contributed by atoms with E-state index >= 15 is 0 Å². The third kappa shape index (κ3) is 0.894. The van der Waals surface area contributed by atoms with E-state index in [0.29, 0.717) is 13.0 Å². The monoisotopic (exact) mass is 181 g/mol. The molecule has 0 aromatic carbocycles. The zero-order chi connectivity index (χ0) is 8.98. The summed E-state index contributed by atoms with van der Waals surface area (Å²) in [4.78, 5) is 0. The third-order valence-corrected chi connectivity index (χ3v) is 2.89. The second-order valence-electron chi connectivity index (χ2n) is 3.69. The Hall–Kier alpha value is -0.290. The molecule has 2 rings (SSSR count). The molecule has 0 amide bonds. The third-order valence-electron chi connectivity index (χ3n) is 2.89. The number of fused-ring (bicyclic) bond motifs is 2. The summed E-state index contributed by atoms with van der Waals surface area (Å²) in [6, 6.07) is -0.775. The molecule has 2 fully saturated rings. The first-order chi connectivity index (χ1) is 5.43. The van der Waals surface area contributed by atoms with Gasteiger partial charge in [0.1, 0.15) is 0 Å². The number of hydrogen-bond donors (Lipinski definition) is 2. The van der Waals surface area contributed by atoms with Gasteiger partial charge < -0.3 is 10.4 Å².